The van der Waals surface area contributed by atoms with Gasteiger partial charge in [0.15, 0.2) is 0 Å². The van der Waals surface area contributed by atoms with Crippen LogP contribution in [0.2, 0.25) is 0 Å². The SMILES string of the molecule is CCN(CC)CCCCCCCOc1ccc2c(=O)c3ccc(OCCCCCCCN(CC)CC)cc3oc2c1. The lowest BCUT2D eigenvalue weighted by Gasteiger charge is -2.17. The van der Waals surface area contributed by atoms with Crippen LogP contribution in [-0.4, -0.2) is 62.3 Å². The average Bonchev–Trinajstić information content (AvgIpc) is 2.99. The van der Waals surface area contributed by atoms with Crippen molar-refractivity contribution >= 4 is 21.9 Å². The quantitative estimate of drug-likeness (QED) is 0.0901. The van der Waals surface area contributed by atoms with E-state index in [-0.39, 0.29) is 5.43 Å². The summed E-state index contributed by atoms with van der Waals surface area (Å²) < 4.78 is 18.2. The first kappa shape index (κ1) is 32.9. The monoisotopic (exact) mass is 566 g/mol. The molecule has 1 heterocycles. The van der Waals surface area contributed by atoms with Crippen molar-refractivity contribution in [3.63, 3.8) is 0 Å². The van der Waals surface area contributed by atoms with Crippen molar-refractivity contribution in [2.24, 2.45) is 0 Å². The van der Waals surface area contributed by atoms with E-state index in [9.17, 15) is 4.79 Å². The van der Waals surface area contributed by atoms with Gasteiger partial charge in [0.05, 0.1) is 24.0 Å². The highest BCUT2D eigenvalue weighted by atomic mass is 16.5. The van der Waals surface area contributed by atoms with Crippen molar-refractivity contribution in [2.75, 3.05) is 52.5 Å². The van der Waals surface area contributed by atoms with E-state index in [2.05, 4.69) is 37.5 Å². The first-order valence-electron chi connectivity index (χ1n) is 16.3. The van der Waals surface area contributed by atoms with Crippen molar-refractivity contribution in [1.29, 1.82) is 0 Å². The predicted molar refractivity (Wildman–Crippen MR) is 173 cm³/mol. The fourth-order valence-electron chi connectivity index (χ4n) is 5.39. The molecule has 0 saturated heterocycles. The van der Waals surface area contributed by atoms with Crippen molar-refractivity contribution in [3.05, 3.63) is 46.6 Å². The van der Waals surface area contributed by atoms with Crippen LogP contribution in [0.4, 0.5) is 0 Å². The first-order valence-corrected chi connectivity index (χ1v) is 16.3. The van der Waals surface area contributed by atoms with Gasteiger partial charge in [-0.3, -0.25) is 4.79 Å². The molecule has 3 aromatic rings. The van der Waals surface area contributed by atoms with Crippen molar-refractivity contribution in [3.8, 4) is 11.5 Å². The largest absolute Gasteiger partial charge is 0.493 e. The Morgan fingerprint density at radius 1 is 0.561 bits per heavy atom. The number of fused-ring (bicyclic) bond motifs is 2. The molecule has 3 rings (SSSR count). The van der Waals surface area contributed by atoms with E-state index in [1.165, 1.54) is 64.5 Å². The fraction of sp³-hybridized carbons (Fsp3) is 0.629. The highest BCUT2D eigenvalue weighted by molar-refractivity contribution is 5.90. The van der Waals surface area contributed by atoms with Gasteiger partial charge < -0.3 is 23.7 Å². The second-order valence-corrected chi connectivity index (χ2v) is 11.0. The zero-order chi connectivity index (χ0) is 29.3. The second-order valence-electron chi connectivity index (χ2n) is 11.0. The molecule has 0 aliphatic rings. The summed E-state index contributed by atoms with van der Waals surface area (Å²) in [5.74, 6) is 1.48. The minimum atomic E-state index is -0.0197. The number of hydrogen-bond donors (Lipinski definition) is 0. The molecule has 0 aliphatic carbocycles. The predicted octanol–water partition coefficient (Wildman–Crippen LogP) is 8.29. The summed E-state index contributed by atoms with van der Waals surface area (Å²) in [6, 6.07) is 11.1. The molecule has 0 fully saturated rings. The zero-order valence-electron chi connectivity index (χ0n) is 26.2. The number of ether oxygens (including phenoxy) is 2. The van der Waals surface area contributed by atoms with Crippen LogP contribution in [-0.2, 0) is 0 Å². The first-order chi connectivity index (χ1) is 20.1. The summed E-state index contributed by atoms with van der Waals surface area (Å²) in [7, 11) is 0. The standard InChI is InChI=1S/C35H54N2O4/c1-5-36(6-2)23-15-11-9-13-17-25-39-29-19-21-31-33(27-29)41-34-28-30(20-22-32(34)35(31)38)40-26-18-14-10-12-16-24-37(7-3)8-4/h19-22,27-28H,5-18,23-26H2,1-4H3. The molecule has 0 bridgehead atoms. The van der Waals surface area contributed by atoms with E-state index in [1.807, 2.05) is 36.4 Å². The van der Waals surface area contributed by atoms with Gasteiger partial charge >= 0.3 is 0 Å². The van der Waals surface area contributed by atoms with E-state index >= 15 is 0 Å². The molecule has 6 nitrogen and oxygen atoms in total. The van der Waals surface area contributed by atoms with Gasteiger partial charge in [0.1, 0.15) is 22.7 Å². The minimum Gasteiger partial charge on any atom is -0.493 e. The van der Waals surface area contributed by atoms with Crippen LogP contribution in [0.25, 0.3) is 21.9 Å². The maximum absolute atomic E-state index is 13.1. The molecule has 0 spiro atoms. The van der Waals surface area contributed by atoms with Gasteiger partial charge in [-0.1, -0.05) is 66.2 Å². The van der Waals surface area contributed by atoms with E-state index in [4.69, 9.17) is 13.9 Å². The third-order valence-electron chi connectivity index (χ3n) is 8.18. The van der Waals surface area contributed by atoms with Gasteiger partial charge in [-0.15, -0.1) is 0 Å². The normalized spacial score (nSPS) is 11.8. The molecule has 0 aliphatic heterocycles. The van der Waals surface area contributed by atoms with Crippen molar-refractivity contribution in [1.82, 2.24) is 9.80 Å². The topological polar surface area (TPSA) is 55.1 Å². The Bertz CT molecular complexity index is 1110. The Labute approximate surface area is 248 Å². The maximum atomic E-state index is 13.1. The highest BCUT2D eigenvalue weighted by Gasteiger charge is 2.10. The maximum Gasteiger partial charge on any atom is 0.200 e. The molecule has 2 aromatic carbocycles. The molecule has 0 atom stereocenters. The van der Waals surface area contributed by atoms with Crippen molar-refractivity contribution < 1.29 is 13.9 Å². The Hall–Kier alpha value is -2.57. The molecule has 228 valence electrons. The number of unbranched alkanes of at least 4 members (excludes halogenated alkanes) is 8. The minimum absolute atomic E-state index is 0.0197. The molecule has 0 saturated carbocycles. The van der Waals surface area contributed by atoms with Crippen LogP contribution in [0.15, 0.2) is 45.6 Å². The summed E-state index contributed by atoms with van der Waals surface area (Å²) in [5.41, 5.74) is 1.09. The lowest BCUT2D eigenvalue weighted by atomic mass is 10.1. The third-order valence-corrected chi connectivity index (χ3v) is 8.18. The summed E-state index contributed by atoms with van der Waals surface area (Å²) in [6.07, 6.45) is 12.0. The summed E-state index contributed by atoms with van der Waals surface area (Å²) in [6.45, 7) is 17.2. The molecule has 41 heavy (non-hydrogen) atoms. The number of nitrogens with zero attached hydrogens (tertiary/aromatic N) is 2. The number of benzene rings is 2. The van der Waals surface area contributed by atoms with E-state index in [0.29, 0.717) is 35.2 Å². The lowest BCUT2D eigenvalue weighted by Crippen LogP contribution is -2.23. The van der Waals surface area contributed by atoms with E-state index < -0.39 is 0 Å². The molecule has 0 N–H and O–H groups in total. The molecule has 6 heteroatoms. The second kappa shape index (κ2) is 18.8. The van der Waals surface area contributed by atoms with Crippen LogP contribution in [0, 0.1) is 0 Å². The molecular weight excluding hydrogens is 512 g/mol. The Kier molecular flexibility index (Phi) is 15.1. The third kappa shape index (κ3) is 11.0. The van der Waals surface area contributed by atoms with Crippen LogP contribution in [0.1, 0.15) is 91.9 Å². The van der Waals surface area contributed by atoms with Gasteiger partial charge in [0.2, 0.25) is 5.43 Å². The fourth-order valence-corrected chi connectivity index (χ4v) is 5.39. The van der Waals surface area contributed by atoms with Crippen LogP contribution < -0.4 is 14.9 Å². The number of hydrogen-bond acceptors (Lipinski definition) is 6. The zero-order valence-corrected chi connectivity index (χ0v) is 26.2. The smallest absolute Gasteiger partial charge is 0.200 e. The van der Waals surface area contributed by atoms with E-state index in [0.717, 1.165) is 50.5 Å². The Morgan fingerprint density at radius 3 is 1.37 bits per heavy atom. The molecule has 0 radical (unpaired) electrons. The van der Waals surface area contributed by atoms with Gasteiger partial charge in [-0.2, -0.15) is 0 Å². The van der Waals surface area contributed by atoms with Gasteiger partial charge in [0.25, 0.3) is 0 Å². The van der Waals surface area contributed by atoms with Crippen molar-refractivity contribution in [2.45, 2.75) is 91.9 Å². The highest BCUT2D eigenvalue weighted by Crippen LogP contribution is 2.26. The summed E-state index contributed by atoms with van der Waals surface area (Å²) >= 11 is 0. The molecule has 1 aromatic heterocycles. The summed E-state index contributed by atoms with van der Waals surface area (Å²) in [4.78, 5) is 18.1. The van der Waals surface area contributed by atoms with Gasteiger partial charge in [-0.05, 0) is 89.2 Å². The summed E-state index contributed by atoms with van der Waals surface area (Å²) in [5, 5.41) is 1.15. The van der Waals surface area contributed by atoms with Crippen LogP contribution in [0.3, 0.4) is 0 Å². The number of rotatable bonds is 22. The van der Waals surface area contributed by atoms with E-state index in [1.54, 1.807) is 0 Å². The van der Waals surface area contributed by atoms with Crippen LogP contribution >= 0.6 is 0 Å². The molecule has 0 unspecified atom stereocenters. The van der Waals surface area contributed by atoms with Gasteiger partial charge in [0, 0.05) is 12.1 Å². The van der Waals surface area contributed by atoms with Crippen LogP contribution in [0.5, 0.6) is 11.5 Å². The molecule has 0 amide bonds. The molecular formula is C35H54N2O4. The Morgan fingerprint density at radius 2 is 0.951 bits per heavy atom. The van der Waals surface area contributed by atoms with Gasteiger partial charge in [-0.25, -0.2) is 0 Å². The Balaban J connectivity index is 1.43. The average molecular weight is 567 g/mol. The lowest BCUT2D eigenvalue weighted by molar-refractivity contribution is 0.289.